The first kappa shape index (κ1) is 21.9. The van der Waals surface area contributed by atoms with Gasteiger partial charge in [-0.1, -0.05) is 25.0 Å². The van der Waals surface area contributed by atoms with E-state index in [1.807, 2.05) is 36.5 Å². The summed E-state index contributed by atoms with van der Waals surface area (Å²) in [5.41, 5.74) is 11.1. The van der Waals surface area contributed by atoms with E-state index in [0.717, 1.165) is 36.6 Å². The van der Waals surface area contributed by atoms with Crippen molar-refractivity contribution in [2.45, 2.75) is 56.3 Å². The number of nitrogens with one attached hydrogen (secondary N) is 1. The van der Waals surface area contributed by atoms with Crippen LogP contribution in [0.25, 0.3) is 11.1 Å². The molecule has 2 aliphatic heterocycles. The van der Waals surface area contributed by atoms with Crippen LogP contribution in [-0.4, -0.2) is 42.2 Å². The van der Waals surface area contributed by atoms with Crippen LogP contribution in [0.4, 0.5) is 17.2 Å². The quantitative estimate of drug-likeness (QED) is 0.553. The van der Waals surface area contributed by atoms with Gasteiger partial charge in [0.05, 0.1) is 11.6 Å². The highest BCUT2D eigenvalue weighted by Gasteiger charge is 2.46. The van der Waals surface area contributed by atoms with Crippen molar-refractivity contribution >= 4 is 17.2 Å². The van der Waals surface area contributed by atoms with E-state index in [1.165, 1.54) is 36.9 Å². The average Bonchev–Trinajstić information content (AvgIpc) is 2.91. The highest BCUT2D eigenvalue weighted by Crippen LogP contribution is 2.38. The minimum absolute atomic E-state index is 0.372. The number of hydrogen-bond acceptors (Lipinski definition) is 6. The molecule has 178 valence electrons. The summed E-state index contributed by atoms with van der Waals surface area (Å²) in [6.07, 6.45) is 8.03. The molecule has 2 unspecified atom stereocenters. The van der Waals surface area contributed by atoms with Crippen LogP contribution in [0, 0.1) is 11.3 Å². The van der Waals surface area contributed by atoms with E-state index >= 15 is 0 Å². The van der Waals surface area contributed by atoms with Crippen LogP contribution in [-0.2, 0) is 0 Å². The summed E-state index contributed by atoms with van der Waals surface area (Å²) in [6.45, 7) is 1.96. The number of piperidine rings is 1. The zero-order chi connectivity index (χ0) is 23.8. The molecule has 2 aromatic carbocycles. The zero-order valence-electron chi connectivity index (χ0n) is 20.0. The van der Waals surface area contributed by atoms with Crippen LogP contribution in [0.1, 0.15) is 37.7 Å². The molecule has 35 heavy (non-hydrogen) atoms. The lowest BCUT2D eigenvalue weighted by Gasteiger charge is -2.56. The molecule has 0 amide bonds. The minimum Gasteiger partial charge on any atom is -0.399 e. The first-order valence-corrected chi connectivity index (χ1v) is 12.8. The second-order valence-electron chi connectivity index (χ2n) is 10.1. The van der Waals surface area contributed by atoms with Gasteiger partial charge < -0.3 is 20.9 Å². The van der Waals surface area contributed by atoms with E-state index in [-0.39, 0.29) is 0 Å². The maximum absolute atomic E-state index is 9.16. The van der Waals surface area contributed by atoms with E-state index in [0.29, 0.717) is 29.7 Å². The predicted molar refractivity (Wildman–Crippen MR) is 141 cm³/mol. The van der Waals surface area contributed by atoms with E-state index in [2.05, 4.69) is 51.5 Å². The van der Waals surface area contributed by atoms with Gasteiger partial charge in [0.2, 0.25) is 0 Å². The lowest BCUT2D eigenvalue weighted by atomic mass is 9.81. The topological polar surface area (TPSA) is 81.2 Å². The summed E-state index contributed by atoms with van der Waals surface area (Å²) in [5.74, 6) is 1.09. The van der Waals surface area contributed by atoms with Gasteiger partial charge in [-0.25, -0.2) is 4.98 Å². The molecule has 3 aliphatic rings. The molecule has 1 aliphatic carbocycles. The number of rotatable bonds is 3. The lowest BCUT2D eigenvalue weighted by molar-refractivity contribution is 0.188. The molecule has 0 spiro atoms. The highest BCUT2D eigenvalue weighted by atomic mass is 15.3. The molecule has 4 atom stereocenters. The normalized spacial score (nSPS) is 25.9. The summed E-state index contributed by atoms with van der Waals surface area (Å²) < 4.78 is 0. The Morgan fingerprint density at radius 3 is 2.54 bits per heavy atom. The Labute approximate surface area is 207 Å². The van der Waals surface area contributed by atoms with Crippen molar-refractivity contribution in [2.75, 3.05) is 28.6 Å². The van der Waals surface area contributed by atoms with E-state index in [9.17, 15) is 0 Å². The molecule has 3 fully saturated rings. The van der Waals surface area contributed by atoms with Crippen molar-refractivity contribution in [1.29, 1.82) is 5.26 Å². The number of pyridine rings is 1. The highest BCUT2D eigenvalue weighted by molar-refractivity contribution is 5.70. The minimum atomic E-state index is 0.372. The molecule has 1 saturated carbocycles. The van der Waals surface area contributed by atoms with Gasteiger partial charge in [-0.05, 0) is 78.9 Å². The van der Waals surface area contributed by atoms with Crippen molar-refractivity contribution < 1.29 is 0 Å². The number of nitrogen functional groups attached to an aromatic ring is 1. The Morgan fingerprint density at radius 2 is 1.71 bits per heavy atom. The number of nitrogens with two attached hydrogens (primary N) is 1. The molecule has 6 heteroatoms. The van der Waals surface area contributed by atoms with Gasteiger partial charge >= 0.3 is 0 Å². The second-order valence-corrected chi connectivity index (χ2v) is 10.1. The maximum Gasteiger partial charge on any atom is 0.129 e. The third kappa shape index (κ3) is 4.21. The molecule has 6 nitrogen and oxygen atoms in total. The van der Waals surface area contributed by atoms with Crippen molar-refractivity contribution in [3.8, 4) is 17.2 Å². The number of fused-ring (bicyclic) bond motifs is 2. The fourth-order valence-electron chi connectivity index (χ4n) is 6.37. The molecule has 3 aromatic rings. The number of nitrogens with zero attached hydrogens (tertiary/aromatic N) is 4. The fraction of sp³-hybridized carbons (Fsp3) is 0.379. The van der Waals surface area contributed by atoms with Gasteiger partial charge in [-0.3, -0.25) is 0 Å². The van der Waals surface area contributed by atoms with E-state index in [1.54, 1.807) is 0 Å². The molecule has 2 saturated heterocycles. The molecule has 3 heterocycles. The number of anilines is 3. The van der Waals surface area contributed by atoms with Gasteiger partial charge in [0, 0.05) is 54.8 Å². The predicted octanol–water partition coefficient (Wildman–Crippen LogP) is 4.57. The van der Waals surface area contributed by atoms with Crippen LogP contribution in [0.2, 0.25) is 0 Å². The summed E-state index contributed by atoms with van der Waals surface area (Å²) in [7, 11) is 0. The van der Waals surface area contributed by atoms with Crippen molar-refractivity contribution in [3.05, 3.63) is 72.4 Å². The van der Waals surface area contributed by atoms with Crippen molar-refractivity contribution in [2.24, 2.45) is 0 Å². The van der Waals surface area contributed by atoms with Crippen LogP contribution < -0.4 is 20.9 Å². The average molecular weight is 465 g/mol. The van der Waals surface area contributed by atoms with Gasteiger partial charge in [0.15, 0.2) is 0 Å². The molecule has 1 aromatic heterocycles. The van der Waals surface area contributed by atoms with E-state index < -0.39 is 0 Å². The third-order valence-corrected chi connectivity index (χ3v) is 8.04. The van der Waals surface area contributed by atoms with E-state index in [4.69, 9.17) is 16.0 Å². The first-order chi connectivity index (χ1) is 17.2. The lowest BCUT2D eigenvalue weighted by Crippen LogP contribution is -2.72. The molecular formula is C29H32N6. The van der Waals surface area contributed by atoms with Gasteiger partial charge in [0.1, 0.15) is 5.82 Å². The largest absolute Gasteiger partial charge is 0.399 e. The maximum atomic E-state index is 9.16. The fourth-order valence-corrected chi connectivity index (χ4v) is 6.37. The van der Waals surface area contributed by atoms with Gasteiger partial charge in [0.25, 0.3) is 0 Å². The number of aromatic nitrogens is 1. The Bertz CT molecular complexity index is 1230. The Morgan fingerprint density at radius 1 is 0.914 bits per heavy atom. The molecular weight excluding hydrogens is 432 g/mol. The standard InChI is InChI=1S/C29H32N6/c30-18-20-8-10-24(11-9-20)34-15-13-28-26(19-34)33-25-6-1-2-7-27(25)35(28)29-17-22(12-14-32-29)21-4-3-5-23(31)16-21/h3-5,8-12,14,16-17,25-28,33H,1-2,6-7,13,15,19,31H2/t25-,26-,27?,28?/m1/s1. The van der Waals surface area contributed by atoms with Gasteiger partial charge in [-0.15, -0.1) is 0 Å². The van der Waals surface area contributed by atoms with Crippen LogP contribution in [0.5, 0.6) is 0 Å². The van der Waals surface area contributed by atoms with Gasteiger partial charge in [-0.2, -0.15) is 5.26 Å². The number of hydrogen-bond donors (Lipinski definition) is 2. The van der Waals surface area contributed by atoms with Crippen molar-refractivity contribution in [3.63, 3.8) is 0 Å². The molecule has 0 bridgehead atoms. The second kappa shape index (κ2) is 9.24. The Hall–Kier alpha value is -3.56. The summed E-state index contributed by atoms with van der Waals surface area (Å²) >= 11 is 0. The molecule has 3 N–H and O–H groups in total. The monoisotopic (exact) mass is 464 g/mol. The van der Waals surface area contributed by atoms with Crippen LogP contribution >= 0.6 is 0 Å². The smallest absolute Gasteiger partial charge is 0.129 e. The summed E-state index contributed by atoms with van der Waals surface area (Å²) in [4.78, 5) is 10.0. The van der Waals surface area contributed by atoms with Crippen molar-refractivity contribution in [1.82, 2.24) is 10.3 Å². The summed E-state index contributed by atoms with van der Waals surface area (Å²) in [5, 5.41) is 13.2. The van der Waals surface area contributed by atoms with Crippen LogP contribution in [0.3, 0.4) is 0 Å². The first-order valence-electron chi connectivity index (χ1n) is 12.8. The number of benzene rings is 2. The Balaban J connectivity index is 1.31. The SMILES string of the molecule is N#Cc1ccc(N2CCC3[C@@H](C2)N[C@@H]2CCCCC2N3c2cc(-c3cccc(N)c3)ccn2)cc1. The van der Waals surface area contributed by atoms with Crippen LogP contribution in [0.15, 0.2) is 66.9 Å². The third-order valence-electron chi connectivity index (χ3n) is 8.04. The molecule has 6 rings (SSSR count). The number of nitriles is 1. The molecule has 0 radical (unpaired) electrons. The summed E-state index contributed by atoms with van der Waals surface area (Å²) in [6, 6.07) is 24.4. The Kier molecular flexibility index (Phi) is 5.79. The number of piperazine rings is 1. The zero-order valence-corrected chi connectivity index (χ0v) is 20.0.